The summed E-state index contributed by atoms with van der Waals surface area (Å²) in [4.78, 5) is 4.54. The number of pyridine rings is 1. The number of aliphatic hydroxyl groups is 1. The van der Waals surface area contributed by atoms with E-state index in [0.29, 0.717) is 11.8 Å². The molecule has 112 valence electrons. The van der Waals surface area contributed by atoms with Crippen LogP contribution < -0.4 is 4.74 Å². The highest BCUT2D eigenvalue weighted by atomic mass is 16.5. The van der Waals surface area contributed by atoms with Gasteiger partial charge in [-0.15, -0.1) is 0 Å². The van der Waals surface area contributed by atoms with Gasteiger partial charge < -0.3 is 9.84 Å². The van der Waals surface area contributed by atoms with E-state index in [4.69, 9.17) is 4.74 Å². The molecule has 1 heterocycles. The molecule has 0 aliphatic carbocycles. The standard InChI is InChI=1S/C18H23NO2/c1-11(2)16-8-15(10-20)9-18(19-16)21-17-7-12(3)6-13(4)14(17)5/h6-9,11,20H,10H2,1-5H3. The molecule has 0 radical (unpaired) electrons. The third-order valence-electron chi connectivity index (χ3n) is 3.63. The maximum atomic E-state index is 9.39. The fraction of sp³-hybridized carbons (Fsp3) is 0.389. The van der Waals surface area contributed by atoms with Gasteiger partial charge in [0.1, 0.15) is 5.75 Å². The minimum absolute atomic E-state index is 0.00950. The first-order chi connectivity index (χ1) is 9.90. The zero-order valence-corrected chi connectivity index (χ0v) is 13.4. The number of ether oxygens (including phenoxy) is 1. The van der Waals surface area contributed by atoms with Crippen LogP contribution in [0.2, 0.25) is 0 Å². The summed E-state index contributed by atoms with van der Waals surface area (Å²) in [5.74, 6) is 1.65. The molecule has 3 heteroatoms. The molecule has 3 nitrogen and oxygen atoms in total. The monoisotopic (exact) mass is 285 g/mol. The van der Waals surface area contributed by atoms with E-state index >= 15 is 0 Å². The zero-order valence-electron chi connectivity index (χ0n) is 13.4. The van der Waals surface area contributed by atoms with E-state index in [1.165, 1.54) is 5.56 Å². The summed E-state index contributed by atoms with van der Waals surface area (Å²) >= 11 is 0. The quantitative estimate of drug-likeness (QED) is 0.904. The highest BCUT2D eigenvalue weighted by Crippen LogP contribution is 2.29. The molecule has 0 aliphatic rings. The normalized spacial score (nSPS) is 11.0. The molecule has 1 aromatic heterocycles. The van der Waals surface area contributed by atoms with Gasteiger partial charge in [0.05, 0.1) is 6.61 Å². The molecule has 1 N–H and O–H groups in total. The Labute approximate surface area is 126 Å². The lowest BCUT2D eigenvalue weighted by atomic mass is 10.1. The van der Waals surface area contributed by atoms with E-state index in [1.807, 2.05) is 19.1 Å². The number of aliphatic hydroxyl groups excluding tert-OH is 1. The van der Waals surface area contributed by atoms with Gasteiger partial charge in [-0.1, -0.05) is 19.9 Å². The Kier molecular flexibility index (Phi) is 4.63. The fourth-order valence-electron chi connectivity index (χ4n) is 2.24. The Hall–Kier alpha value is -1.87. The maximum Gasteiger partial charge on any atom is 0.219 e. The van der Waals surface area contributed by atoms with Crippen molar-refractivity contribution in [3.63, 3.8) is 0 Å². The Morgan fingerprint density at radius 1 is 1.10 bits per heavy atom. The maximum absolute atomic E-state index is 9.39. The van der Waals surface area contributed by atoms with E-state index in [9.17, 15) is 5.11 Å². The van der Waals surface area contributed by atoms with Gasteiger partial charge in [-0.25, -0.2) is 4.98 Å². The zero-order chi connectivity index (χ0) is 15.6. The summed E-state index contributed by atoms with van der Waals surface area (Å²) in [6, 6.07) is 7.87. The van der Waals surface area contributed by atoms with Crippen LogP contribution in [0.5, 0.6) is 11.6 Å². The predicted octanol–water partition coefficient (Wildman–Crippen LogP) is 4.41. The smallest absolute Gasteiger partial charge is 0.219 e. The molecule has 0 aliphatic heterocycles. The first kappa shape index (κ1) is 15.5. The molecular weight excluding hydrogens is 262 g/mol. The van der Waals surface area contributed by atoms with Crippen LogP contribution in [0.3, 0.4) is 0 Å². The van der Waals surface area contributed by atoms with Gasteiger partial charge in [-0.2, -0.15) is 0 Å². The van der Waals surface area contributed by atoms with Crippen LogP contribution in [0.4, 0.5) is 0 Å². The van der Waals surface area contributed by atoms with Crippen molar-refractivity contribution in [2.75, 3.05) is 0 Å². The predicted molar refractivity (Wildman–Crippen MR) is 85.0 cm³/mol. The SMILES string of the molecule is Cc1cc(C)c(C)c(Oc2cc(CO)cc(C(C)C)n2)c1. The van der Waals surface area contributed by atoms with Gasteiger partial charge in [0.2, 0.25) is 5.88 Å². The lowest BCUT2D eigenvalue weighted by Gasteiger charge is -2.14. The molecule has 0 atom stereocenters. The van der Waals surface area contributed by atoms with E-state index in [2.05, 4.69) is 38.7 Å². The number of hydrogen-bond acceptors (Lipinski definition) is 3. The van der Waals surface area contributed by atoms with Crippen molar-refractivity contribution in [3.8, 4) is 11.6 Å². The molecule has 0 bridgehead atoms. The molecule has 2 rings (SSSR count). The second-order valence-corrected chi connectivity index (χ2v) is 5.86. The average Bonchev–Trinajstić information content (AvgIpc) is 2.43. The summed E-state index contributed by atoms with van der Waals surface area (Å²) < 4.78 is 5.98. The minimum Gasteiger partial charge on any atom is -0.439 e. The molecule has 2 aromatic rings. The molecule has 1 aromatic carbocycles. The minimum atomic E-state index is -0.00950. The highest BCUT2D eigenvalue weighted by Gasteiger charge is 2.10. The van der Waals surface area contributed by atoms with Crippen LogP contribution in [-0.4, -0.2) is 10.1 Å². The number of rotatable bonds is 4. The number of aryl methyl sites for hydroxylation is 2. The van der Waals surface area contributed by atoms with Crippen LogP contribution in [-0.2, 0) is 6.61 Å². The van der Waals surface area contributed by atoms with Crippen molar-refractivity contribution in [2.45, 2.75) is 47.1 Å². The van der Waals surface area contributed by atoms with E-state index in [1.54, 1.807) is 6.07 Å². The third-order valence-corrected chi connectivity index (χ3v) is 3.63. The topological polar surface area (TPSA) is 42.4 Å². The van der Waals surface area contributed by atoms with Crippen molar-refractivity contribution < 1.29 is 9.84 Å². The van der Waals surface area contributed by atoms with Crippen molar-refractivity contribution in [1.29, 1.82) is 0 Å². The lowest BCUT2D eigenvalue weighted by molar-refractivity contribution is 0.280. The van der Waals surface area contributed by atoms with Crippen molar-refractivity contribution in [2.24, 2.45) is 0 Å². The van der Waals surface area contributed by atoms with Crippen LogP contribution in [0, 0.1) is 20.8 Å². The van der Waals surface area contributed by atoms with E-state index in [0.717, 1.165) is 28.1 Å². The molecular formula is C18H23NO2. The molecule has 21 heavy (non-hydrogen) atoms. The van der Waals surface area contributed by atoms with Crippen LogP contribution in [0.1, 0.15) is 47.7 Å². The second kappa shape index (κ2) is 6.27. The van der Waals surface area contributed by atoms with Gasteiger partial charge in [-0.3, -0.25) is 0 Å². The summed E-state index contributed by atoms with van der Waals surface area (Å²) in [5, 5.41) is 9.39. The van der Waals surface area contributed by atoms with Gasteiger partial charge in [0.25, 0.3) is 0 Å². The molecule has 0 unspecified atom stereocenters. The first-order valence-electron chi connectivity index (χ1n) is 7.28. The molecule has 0 fully saturated rings. The third kappa shape index (κ3) is 3.61. The van der Waals surface area contributed by atoms with Gasteiger partial charge in [-0.05, 0) is 61.1 Å². The Bertz CT molecular complexity index is 648. The Morgan fingerprint density at radius 3 is 2.43 bits per heavy atom. The molecule has 0 spiro atoms. The Morgan fingerprint density at radius 2 is 1.81 bits per heavy atom. The van der Waals surface area contributed by atoms with Crippen LogP contribution in [0.25, 0.3) is 0 Å². The van der Waals surface area contributed by atoms with E-state index in [-0.39, 0.29) is 6.61 Å². The summed E-state index contributed by atoms with van der Waals surface area (Å²) in [7, 11) is 0. The largest absolute Gasteiger partial charge is 0.439 e. The van der Waals surface area contributed by atoms with Gasteiger partial charge in [0, 0.05) is 11.8 Å². The molecule has 0 saturated carbocycles. The summed E-state index contributed by atoms with van der Waals surface area (Å²) in [6.07, 6.45) is 0. The molecule has 0 saturated heterocycles. The van der Waals surface area contributed by atoms with Gasteiger partial charge in [0.15, 0.2) is 0 Å². The fourth-order valence-corrected chi connectivity index (χ4v) is 2.24. The van der Waals surface area contributed by atoms with Crippen LogP contribution in [0.15, 0.2) is 24.3 Å². The average molecular weight is 285 g/mol. The number of hydrogen-bond donors (Lipinski definition) is 1. The Balaban J connectivity index is 2.41. The second-order valence-electron chi connectivity index (χ2n) is 5.86. The summed E-state index contributed by atoms with van der Waals surface area (Å²) in [5.41, 5.74) is 5.23. The first-order valence-corrected chi connectivity index (χ1v) is 7.28. The van der Waals surface area contributed by atoms with Crippen molar-refractivity contribution in [3.05, 3.63) is 52.2 Å². The number of benzene rings is 1. The van der Waals surface area contributed by atoms with E-state index < -0.39 is 0 Å². The summed E-state index contributed by atoms with van der Waals surface area (Å²) in [6.45, 7) is 10.3. The lowest BCUT2D eigenvalue weighted by Crippen LogP contribution is -2.00. The number of aromatic nitrogens is 1. The van der Waals surface area contributed by atoms with Crippen molar-refractivity contribution >= 4 is 0 Å². The van der Waals surface area contributed by atoms with Crippen molar-refractivity contribution in [1.82, 2.24) is 4.98 Å². The van der Waals surface area contributed by atoms with Gasteiger partial charge >= 0.3 is 0 Å². The highest BCUT2D eigenvalue weighted by molar-refractivity contribution is 5.44. The number of nitrogens with zero attached hydrogens (tertiary/aromatic N) is 1. The molecule has 0 amide bonds. The van der Waals surface area contributed by atoms with Crippen LogP contribution >= 0.6 is 0 Å².